The lowest BCUT2D eigenvalue weighted by molar-refractivity contribution is 0.0303. The van der Waals surface area contributed by atoms with E-state index in [1.165, 1.54) is 6.42 Å². The first-order chi connectivity index (χ1) is 16.9. The van der Waals surface area contributed by atoms with Gasteiger partial charge in [0.2, 0.25) is 0 Å². The number of rotatable bonds is 5. The SMILES string of the molecule is CC(C)OC(=O)Nc1ccc(-c2c(N)c3ccc(C(=O)N4CCOCC4)cc3n2C2CCC2)cc1. The summed E-state index contributed by atoms with van der Waals surface area (Å²) in [5.74, 6) is 0.0281. The molecule has 8 heteroatoms. The van der Waals surface area contributed by atoms with Crippen LogP contribution in [0.2, 0.25) is 0 Å². The van der Waals surface area contributed by atoms with Crippen LogP contribution in [0.3, 0.4) is 0 Å². The van der Waals surface area contributed by atoms with Crippen molar-refractivity contribution in [2.45, 2.75) is 45.3 Å². The van der Waals surface area contributed by atoms with Crippen LogP contribution in [0.4, 0.5) is 16.2 Å². The van der Waals surface area contributed by atoms with Crippen LogP contribution in [-0.2, 0) is 9.47 Å². The molecular formula is C27H32N4O4. The van der Waals surface area contributed by atoms with Crippen molar-refractivity contribution in [3.63, 3.8) is 0 Å². The van der Waals surface area contributed by atoms with Crippen molar-refractivity contribution in [1.82, 2.24) is 9.47 Å². The number of anilines is 2. The minimum Gasteiger partial charge on any atom is -0.447 e. The highest BCUT2D eigenvalue weighted by Gasteiger charge is 2.28. The number of nitrogens with two attached hydrogens (primary N) is 1. The molecule has 0 spiro atoms. The Morgan fingerprint density at radius 3 is 2.43 bits per heavy atom. The molecular weight excluding hydrogens is 444 g/mol. The maximum Gasteiger partial charge on any atom is 0.411 e. The maximum atomic E-state index is 13.1. The van der Waals surface area contributed by atoms with Gasteiger partial charge in [-0.05, 0) is 63.4 Å². The van der Waals surface area contributed by atoms with Crippen molar-refractivity contribution in [1.29, 1.82) is 0 Å². The van der Waals surface area contributed by atoms with Crippen LogP contribution in [0, 0.1) is 0 Å². The number of hydrogen-bond donors (Lipinski definition) is 2. The summed E-state index contributed by atoms with van der Waals surface area (Å²) in [6.07, 6.45) is 2.68. The van der Waals surface area contributed by atoms with Crippen LogP contribution < -0.4 is 11.1 Å². The molecule has 1 aliphatic carbocycles. The van der Waals surface area contributed by atoms with Crippen LogP contribution in [0.5, 0.6) is 0 Å². The van der Waals surface area contributed by atoms with Crippen molar-refractivity contribution in [2.75, 3.05) is 37.4 Å². The van der Waals surface area contributed by atoms with E-state index in [9.17, 15) is 9.59 Å². The Hall–Kier alpha value is -3.52. The average molecular weight is 477 g/mol. The number of nitrogens with one attached hydrogen (secondary N) is 1. The van der Waals surface area contributed by atoms with Gasteiger partial charge in [0.15, 0.2) is 0 Å². The molecule has 3 N–H and O–H groups in total. The molecule has 0 radical (unpaired) electrons. The fourth-order valence-electron chi connectivity index (χ4n) is 4.81. The first-order valence-electron chi connectivity index (χ1n) is 12.3. The quantitative estimate of drug-likeness (QED) is 0.537. The van der Waals surface area contributed by atoms with Gasteiger partial charge in [0.05, 0.1) is 36.2 Å². The number of benzene rings is 2. The molecule has 1 aliphatic heterocycles. The van der Waals surface area contributed by atoms with Gasteiger partial charge in [-0.1, -0.05) is 12.1 Å². The van der Waals surface area contributed by atoms with Crippen LogP contribution >= 0.6 is 0 Å². The molecule has 0 bridgehead atoms. The number of nitrogens with zero attached hydrogens (tertiary/aromatic N) is 2. The lowest BCUT2D eigenvalue weighted by Crippen LogP contribution is -2.40. The third kappa shape index (κ3) is 4.58. The van der Waals surface area contributed by atoms with E-state index in [1.807, 2.05) is 61.2 Å². The number of hydrogen-bond acceptors (Lipinski definition) is 5. The second kappa shape index (κ2) is 9.62. The van der Waals surface area contributed by atoms with E-state index in [-0.39, 0.29) is 12.0 Å². The van der Waals surface area contributed by atoms with Gasteiger partial charge in [0.1, 0.15) is 0 Å². The topological polar surface area (TPSA) is 98.8 Å². The second-order valence-electron chi connectivity index (χ2n) is 9.51. The number of fused-ring (bicyclic) bond motifs is 1. The van der Waals surface area contributed by atoms with E-state index >= 15 is 0 Å². The molecule has 0 atom stereocenters. The number of aromatic nitrogens is 1. The van der Waals surface area contributed by atoms with E-state index in [0.29, 0.717) is 49.3 Å². The average Bonchev–Trinajstić information content (AvgIpc) is 3.09. The molecule has 3 aromatic rings. The minimum absolute atomic E-state index is 0.0281. The van der Waals surface area contributed by atoms with Crippen LogP contribution in [0.25, 0.3) is 22.2 Å². The third-order valence-corrected chi connectivity index (χ3v) is 6.78. The predicted molar refractivity (Wildman–Crippen MR) is 137 cm³/mol. The Labute approximate surface area is 205 Å². The summed E-state index contributed by atoms with van der Waals surface area (Å²) in [5.41, 5.74) is 11.7. The summed E-state index contributed by atoms with van der Waals surface area (Å²) in [6, 6.07) is 13.8. The Kier molecular flexibility index (Phi) is 6.38. The van der Waals surface area contributed by atoms with Crippen molar-refractivity contribution >= 4 is 34.3 Å². The van der Waals surface area contributed by atoms with Gasteiger partial charge >= 0.3 is 6.09 Å². The molecule has 8 nitrogen and oxygen atoms in total. The summed E-state index contributed by atoms with van der Waals surface area (Å²) in [5, 5.41) is 3.71. The zero-order chi connectivity index (χ0) is 24.5. The zero-order valence-electron chi connectivity index (χ0n) is 20.3. The number of ether oxygens (including phenoxy) is 2. The summed E-state index contributed by atoms with van der Waals surface area (Å²) in [6.45, 7) is 5.99. The van der Waals surface area contributed by atoms with Crippen LogP contribution in [0.1, 0.15) is 49.5 Å². The van der Waals surface area contributed by atoms with Gasteiger partial charge in [0.25, 0.3) is 5.91 Å². The summed E-state index contributed by atoms with van der Waals surface area (Å²) in [7, 11) is 0. The molecule has 184 valence electrons. The summed E-state index contributed by atoms with van der Waals surface area (Å²) >= 11 is 0. The van der Waals surface area contributed by atoms with Crippen LogP contribution in [0.15, 0.2) is 42.5 Å². The first-order valence-corrected chi connectivity index (χ1v) is 12.3. The van der Waals surface area contributed by atoms with Gasteiger partial charge in [-0.2, -0.15) is 0 Å². The lowest BCUT2D eigenvalue weighted by atomic mass is 9.92. The smallest absolute Gasteiger partial charge is 0.411 e. The van der Waals surface area contributed by atoms with Crippen molar-refractivity contribution < 1.29 is 19.1 Å². The molecule has 0 unspecified atom stereocenters. The van der Waals surface area contributed by atoms with Crippen molar-refractivity contribution in [3.8, 4) is 11.3 Å². The molecule has 5 rings (SSSR count). The zero-order valence-corrected chi connectivity index (χ0v) is 20.3. The van der Waals surface area contributed by atoms with Crippen molar-refractivity contribution in [3.05, 3.63) is 48.0 Å². The Bertz CT molecular complexity index is 1240. The van der Waals surface area contributed by atoms with Gasteiger partial charge in [-0.15, -0.1) is 0 Å². The third-order valence-electron chi connectivity index (χ3n) is 6.78. The van der Waals surface area contributed by atoms with Gasteiger partial charge in [0, 0.05) is 41.3 Å². The van der Waals surface area contributed by atoms with E-state index in [4.69, 9.17) is 15.2 Å². The van der Waals surface area contributed by atoms with Gasteiger partial charge in [-0.3, -0.25) is 10.1 Å². The second-order valence-corrected chi connectivity index (χ2v) is 9.51. The molecule has 2 fully saturated rings. The summed E-state index contributed by atoms with van der Waals surface area (Å²) in [4.78, 5) is 26.9. The Morgan fingerprint density at radius 2 is 1.80 bits per heavy atom. The summed E-state index contributed by atoms with van der Waals surface area (Å²) < 4.78 is 12.9. The van der Waals surface area contributed by atoms with Gasteiger partial charge < -0.3 is 24.7 Å². The fourth-order valence-corrected chi connectivity index (χ4v) is 4.81. The number of nitrogen functional groups attached to an aromatic ring is 1. The van der Waals surface area contributed by atoms with Crippen LogP contribution in [-0.4, -0.2) is 53.9 Å². The first kappa shape index (κ1) is 23.2. The normalized spacial score (nSPS) is 16.4. The number of carbonyl (C=O) groups is 2. The Balaban J connectivity index is 1.51. The number of carbonyl (C=O) groups excluding carboxylic acids is 2. The number of morpholine rings is 1. The fraction of sp³-hybridized carbons (Fsp3) is 0.407. The lowest BCUT2D eigenvalue weighted by Gasteiger charge is -2.30. The largest absolute Gasteiger partial charge is 0.447 e. The molecule has 2 amide bonds. The minimum atomic E-state index is -0.478. The van der Waals surface area contributed by atoms with Crippen molar-refractivity contribution in [2.24, 2.45) is 0 Å². The molecule has 1 aromatic heterocycles. The highest BCUT2D eigenvalue weighted by molar-refractivity contribution is 6.05. The molecule has 2 heterocycles. The number of amides is 2. The highest BCUT2D eigenvalue weighted by Crippen LogP contribution is 2.44. The van der Waals surface area contributed by atoms with E-state index in [2.05, 4.69) is 9.88 Å². The molecule has 1 saturated heterocycles. The molecule has 2 aromatic carbocycles. The Morgan fingerprint density at radius 1 is 1.09 bits per heavy atom. The molecule has 1 saturated carbocycles. The van der Waals surface area contributed by atoms with E-state index in [0.717, 1.165) is 35.0 Å². The standard InChI is InChI=1S/C27H32N4O4/c1-17(2)35-27(33)29-20-9-6-18(7-10-20)25-24(28)22-11-8-19(26(32)30-12-14-34-15-13-30)16-23(22)31(25)21-4-3-5-21/h6-11,16-17,21H,3-5,12-15,28H2,1-2H3,(H,29,33). The molecule has 35 heavy (non-hydrogen) atoms. The van der Waals surface area contributed by atoms with Gasteiger partial charge in [-0.25, -0.2) is 4.79 Å². The predicted octanol–water partition coefficient (Wildman–Crippen LogP) is 5.04. The van der Waals surface area contributed by atoms with E-state index in [1.54, 1.807) is 0 Å². The monoisotopic (exact) mass is 476 g/mol. The maximum absolute atomic E-state index is 13.1. The highest BCUT2D eigenvalue weighted by atomic mass is 16.6. The molecule has 2 aliphatic rings. The van der Waals surface area contributed by atoms with E-state index < -0.39 is 6.09 Å².